The van der Waals surface area contributed by atoms with Gasteiger partial charge in [-0.1, -0.05) is 11.2 Å². The molecular weight excluding hydrogens is 268 g/mol. The predicted molar refractivity (Wildman–Crippen MR) is 77.3 cm³/mol. The number of ether oxygens (including phenoxy) is 1. The maximum atomic E-state index is 5.44. The number of methoxy groups -OCH3 is 1. The molecule has 2 atom stereocenters. The fraction of sp³-hybridized carbons (Fsp3) is 0.533. The highest BCUT2D eigenvalue weighted by Gasteiger charge is 2.24. The van der Waals surface area contributed by atoms with Crippen molar-refractivity contribution in [3.63, 3.8) is 0 Å². The van der Waals surface area contributed by atoms with Gasteiger partial charge in [0, 0.05) is 30.6 Å². The van der Waals surface area contributed by atoms with Crippen molar-refractivity contribution in [2.24, 2.45) is 0 Å². The van der Waals surface area contributed by atoms with Crippen LogP contribution in [0.3, 0.4) is 0 Å². The highest BCUT2D eigenvalue weighted by molar-refractivity contribution is 5.20. The lowest BCUT2D eigenvalue weighted by Gasteiger charge is -2.25. The van der Waals surface area contributed by atoms with Gasteiger partial charge in [-0.3, -0.25) is 0 Å². The largest absolute Gasteiger partial charge is 0.481 e. The molecule has 0 bridgehead atoms. The van der Waals surface area contributed by atoms with Gasteiger partial charge in [0.05, 0.1) is 7.11 Å². The summed E-state index contributed by atoms with van der Waals surface area (Å²) in [7, 11) is 1.60. The molecule has 6 nitrogen and oxygen atoms in total. The van der Waals surface area contributed by atoms with Gasteiger partial charge in [-0.2, -0.15) is 4.98 Å². The Morgan fingerprint density at radius 3 is 3.05 bits per heavy atom. The van der Waals surface area contributed by atoms with E-state index in [0.717, 1.165) is 30.8 Å². The van der Waals surface area contributed by atoms with E-state index in [1.54, 1.807) is 13.3 Å². The summed E-state index contributed by atoms with van der Waals surface area (Å²) < 4.78 is 10.5. The van der Waals surface area contributed by atoms with Crippen LogP contribution in [0.4, 0.5) is 0 Å². The van der Waals surface area contributed by atoms with E-state index in [-0.39, 0.29) is 0 Å². The summed E-state index contributed by atoms with van der Waals surface area (Å²) in [5, 5.41) is 7.52. The van der Waals surface area contributed by atoms with Gasteiger partial charge in [0.2, 0.25) is 11.8 Å². The second-order valence-electron chi connectivity index (χ2n) is 5.51. The van der Waals surface area contributed by atoms with Gasteiger partial charge in [-0.15, -0.1) is 0 Å². The van der Waals surface area contributed by atoms with E-state index < -0.39 is 0 Å². The zero-order chi connectivity index (χ0) is 14.7. The summed E-state index contributed by atoms with van der Waals surface area (Å²) in [6.45, 7) is 3.19. The lowest BCUT2D eigenvalue weighted by Crippen LogP contribution is -2.34. The van der Waals surface area contributed by atoms with Gasteiger partial charge in [0.15, 0.2) is 5.82 Å². The normalized spacial score (nSPS) is 22.2. The number of piperidine rings is 1. The molecule has 112 valence electrons. The smallest absolute Gasteiger partial charge is 0.229 e. The minimum Gasteiger partial charge on any atom is -0.481 e. The molecule has 1 aliphatic heterocycles. The lowest BCUT2D eigenvalue weighted by molar-refractivity contribution is 0.294. The molecule has 6 heteroatoms. The molecule has 2 aromatic rings. The Hall–Kier alpha value is -1.95. The van der Waals surface area contributed by atoms with Crippen LogP contribution in [0.25, 0.3) is 0 Å². The van der Waals surface area contributed by atoms with Crippen molar-refractivity contribution in [1.82, 2.24) is 20.4 Å². The van der Waals surface area contributed by atoms with Gasteiger partial charge in [-0.25, -0.2) is 4.98 Å². The van der Waals surface area contributed by atoms with Crippen molar-refractivity contribution in [1.29, 1.82) is 0 Å². The van der Waals surface area contributed by atoms with E-state index in [1.807, 2.05) is 12.1 Å². The maximum Gasteiger partial charge on any atom is 0.229 e. The van der Waals surface area contributed by atoms with E-state index in [0.29, 0.717) is 30.1 Å². The summed E-state index contributed by atoms with van der Waals surface area (Å²) in [6, 6.07) is 4.31. The Bertz CT molecular complexity index is 582. The molecule has 1 fully saturated rings. The fourth-order valence-electron chi connectivity index (χ4n) is 2.68. The summed E-state index contributed by atoms with van der Waals surface area (Å²) in [4.78, 5) is 8.72. The van der Waals surface area contributed by atoms with Gasteiger partial charge in [0.1, 0.15) is 0 Å². The van der Waals surface area contributed by atoms with E-state index >= 15 is 0 Å². The lowest BCUT2D eigenvalue weighted by atomic mass is 9.93. The summed E-state index contributed by atoms with van der Waals surface area (Å²) in [6.07, 6.45) is 4.50. The van der Waals surface area contributed by atoms with Crippen molar-refractivity contribution < 1.29 is 9.26 Å². The summed E-state index contributed by atoms with van der Waals surface area (Å²) in [5.41, 5.74) is 1.04. The number of rotatable bonds is 4. The van der Waals surface area contributed by atoms with Gasteiger partial charge in [-0.05, 0) is 31.9 Å². The molecule has 0 radical (unpaired) electrons. The van der Waals surface area contributed by atoms with E-state index in [4.69, 9.17) is 9.26 Å². The highest BCUT2D eigenvalue weighted by Crippen LogP contribution is 2.26. The van der Waals surface area contributed by atoms with Crippen LogP contribution in [0.15, 0.2) is 22.9 Å². The number of nitrogens with zero attached hydrogens (tertiary/aromatic N) is 3. The average molecular weight is 288 g/mol. The third-order valence-corrected chi connectivity index (χ3v) is 3.83. The zero-order valence-corrected chi connectivity index (χ0v) is 12.4. The van der Waals surface area contributed by atoms with Crippen LogP contribution in [0.5, 0.6) is 5.88 Å². The Balaban J connectivity index is 1.66. The quantitative estimate of drug-likeness (QED) is 0.926. The van der Waals surface area contributed by atoms with E-state index in [2.05, 4.69) is 27.4 Å². The molecule has 3 rings (SSSR count). The third kappa shape index (κ3) is 3.39. The van der Waals surface area contributed by atoms with Crippen LogP contribution < -0.4 is 10.1 Å². The molecule has 0 aliphatic carbocycles. The van der Waals surface area contributed by atoms with E-state index in [9.17, 15) is 0 Å². The number of nitrogens with one attached hydrogen (secondary N) is 1. The first kappa shape index (κ1) is 14.0. The van der Waals surface area contributed by atoms with Gasteiger partial charge in [0.25, 0.3) is 0 Å². The van der Waals surface area contributed by atoms with Gasteiger partial charge < -0.3 is 14.6 Å². The molecule has 2 aromatic heterocycles. The standard InChI is InChI=1S/C15H20N4O2/c1-10-7-12(5-6-16-10)15-18-13(19-21-15)8-11-3-4-14(20-2)17-9-11/h3-4,9-10,12,16H,5-8H2,1-2H3. The molecule has 21 heavy (non-hydrogen) atoms. The minimum atomic E-state index is 0.372. The average Bonchev–Trinajstić information content (AvgIpc) is 2.97. The second kappa shape index (κ2) is 6.22. The van der Waals surface area contributed by atoms with Crippen molar-refractivity contribution in [2.45, 2.75) is 38.1 Å². The summed E-state index contributed by atoms with van der Waals surface area (Å²) >= 11 is 0. The van der Waals surface area contributed by atoms with Gasteiger partial charge >= 0.3 is 0 Å². The molecule has 0 aromatic carbocycles. The summed E-state index contributed by atoms with van der Waals surface area (Å²) in [5.74, 6) is 2.45. The van der Waals surface area contributed by atoms with Crippen LogP contribution in [0, 0.1) is 0 Å². The van der Waals surface area contributed by atoms with Crippen LogP contribution in [0.2, 0.25) is 0 Å². The number of hydrogen-bond acceptors (Lipinski definition) is 6. The molecule has 3 heterocycles. The first-order valence-corrected chi connectivity index (χ1v) is 7.29. The number of aromatic nitrogens is 3. The van der Waals surface area contributed by atoms with Crippen molar-refractivity contribution in [3.8, 4) is 5.88 Å². The Morgan fingerprint density at radius 2 is 2.33 bits per heavy atom. The molecule has 1 aliphatic rings. The van der Waals surface area contributed by atoms with E-state index in [1.165, 1.54) is 0 Å². The Labute approximate surface area is 123 Å². The molecule has 2 unspecified atom stereocenters. The predicted octanol–water partition coefficient (Wildman–Crippen LogP) is 1.92. The molecule has 1 N–H and O–H groups in total. The number of hydrogen-bond donors (Lipinski definition) is 1. The molecular formula is C15H20N4O2. The third-order valence-electron chi connectivity index (χ3n) is 3.83. The van der Waals surface area contributed by atoms with Crippen LogP contribution in [-0.4, -0.2) is 34.8 Å². The van der Waals surface area contributed by atoms with Crippen molar-refractivity contribution in [3.05, 3.63) is 35.6 Å². The SMILES string of the molecule is COc1ccc(Cc2noc(C3CCNC(C)C3)n2)cn1. The molecule has 0 saturated carbocycles. The van der Waals surface area contributed by atoms with Crippen molar-refractivity contribution >= 4 is 0 Å². The maximum absolute atomic E-state index is 5.44. The number of pyridine rings is 1. The van der Waals surface area contributed by atoms with Crippen LogP contribution in [0.1, 0.15) is 43.0 Å². The first-order chi connectivity index (χ1) is 10.2. The highest BCUT2D eigenvalue weighted by atomic mass is 16.5. The monoisotopic (exact) mass is 288 g/mol. The second-order valence-corrected chi connectivity index (χ2v) is 5.51. The molecule has 1 saturated heterocycles. The Morgan fingerprint density at radius 1 is 1.43 bits per heavy atom. The minimum absolute atomic E-state index is 0.372. The zero-order valence-electron chi connectivity index (χ0n) is 12.4. The Kier molecular flexibility index (Phi) is 4.15. The van der Waals surface area contributed by atoms with Crippen LogP contribution >= 0.6 is 0 Å². The topological polar surface area (TPSA) is 73.1 Å². The fourth-order valence-corrected chi connectivity index (χ4v) is 2.68. The van der Waals surface area contributed by atoms with Crippen molar-refractivity contribution in [2.75, 3.05) is 13.7 Å². The first-order valence-electron chi connectivity index (χ1n) is 7.29. The molecule has 0 spiro atoms. The molecule has 0 amide bonds. The van der Waals surface area contributed by atoms with Crippen LogP contribution in [-0.2, 0) is 6.42 Å².